The summed E-state index contributed by atoms with van der Waals surface area (Å²) in [4.78, 5) is 13.2. The number of benzene rings is 2. The van der Waals surface area contributed by atoms with E-state index in [9.17, 15) is 4.79 Å². The van der Waals surface area contributed by atoms with Crippen molar-refractivity contribution in [2.24, 2.45) is 0 Å². The van der Waals surface area contributed by atoms with Crippen LogP contribution in [0.3, 0.4) is 0 Å². The van der Waals surface area contributed by atoms with E-state index in [1.54, 1.807) is 14.2 Å². The van der Waals surface area contributed by atoms with E-state index < -0.39 is 5.41 Å². The van der Waals surface area contributed by atoms with E-state index in [4.69, 9.17) is 21.1 Å². The van der Waals surface area contributed by atoms with Crippen molar-refractivity contribution in [2.45, 2.75) is 37.2 Å². The fraction of sp³-hybridized carbons (Fsp3) is 0.409. The van der Waals surface area contributed by atoms with Gasteiger partial charge in [-0.15, -0.1) is 0 Å². The summed E-state index contributed by atoms with van der Waals surface area (Å²) < 4.78 is 10.9. The number of carbonyl (C=O) groups is 1. The first-order chi connectivity index (χ1) is 13.1. The van der Waals surface area contributed by atoms with Crippen LogP contribution in [0.4, 0.5) is 0 Å². The van der Waals surface area contributed by atoms with Crippen LogP contribution < -0.4 is 10.1 Å². The van der Waals surface area contributed by atoms with Crippen LogP contribution in [0.5, 0.6) is 5.75 Å². The second-order valence-corrected chi connectivity index (χ2v) is 7.44. The Kier molecular flexibility index (Phi) is 6.40. The molecule has 0 spiro atoms. The highest BCUT2D eigenvalue weighted by atomic mass is 35.5. The molecular formula is C22H26ClNO3. The molecule has 0 heterocycles. The van der Waals surface area contributed by atoms with Gasteiger partial charge >= 0.3 is 0 Å². The number of hydrogen-bond donors (Lipinski definition) is 1. The third-order valence-corrected chi connectivity index (χ3v) is 5.74. The highest BCUT2D eigenvalue weighted by molar-refractivity contribution is 6.30. The van der Waals surface area contributed by atoms with Gasteiger partial charge in [-0.3, -0.25) is 4.79 Å². The Morgan fingerprint density at radius 2 is 1.85 bits per heavy atom. The number of methoxy groups -OCH3 is 2. The van der Waals surface area contributed by atoms with Gasteiger partial charge in [0.05, 0.1) is 18.6 Å². The Hall–Kier alpha value is -2.04. The lowest BCUT2D eigenvalue weighted by molar-refractivity contribution is -0.127. The van der Waals surface area contributed by atoms with Crippen molar-refractivity contribution >= 4 is 17.5 Å². The zero-order valence-electron chi connectivity index (χ0n) is 15.8. The van der Waals surface area contributed by atoms with Crippen molar-refractivity contribution in [3.63, 3.8) is 0 Å². The quantitative estimate of drug-likeness (QED) is 0.751. The minimum Gasteiger partial charge on any atom is -0.497 e. The third kappa shape index (κ3) is 4.28. The largest absolute Gasteiger partial charge is 0.497 e. The van der Waals surface area contributed by atoms with Crippen LogP contribution in [0.25, 0.3) is 0 Å². The number of ether oxygens (including phenoxy) is 2. The van der Waals surface area contributed by atoms with Crippen molar-refractivity contribution in [1.29, 1.82) is 0 Å². The highest BCUT2D eigenvalue weighted by Gasteiger charge is 2.42. The second kappa shape index (κ2) is 8.77. The molecule has 0 bridgehead atoms. The van der Waals surface area contributed by atoms with E-state index in [0.717, 1.165) is 42.6 Å². The molecule has 2 aromatic carbocycles. The lowest BCUT2D eigenvalue weighted by Crippen LogP contribution is -2.44. The summed E-state index contributed by atoms with van der Waals surface area (Å²) in [5.74, 6) is 0.835. The molecule has 1 N–H and O–H groups in total. The van der Waals surface area contributed by atoms with Crippen LogP contribution in [0.2, 0.25) is 5.02 Å². The Balaban J connectivity index is 1.74. The fourth-order valence-electron chi connectivity index (χ4n) is 3.93. The highest BCUT2D eigenvalue weighted by Crippen LogP contribution is 2.41. The molecule has 5 heteroatoms. The topological polar surface area (TPSA) is 47.6 Å². The van der Waals surface area contributed by atoms with Crippen LogP contribution >= 0.6 is 11.6 Å². The van der Waals surface area contributed by atoms with Gasteiger partial charge in [0.15, 0.2) is 0 Å². The molecule has 1 aliphatic carbocycles. The van der Waals surface area contributed by atoms with E-state index in [1.807, 2.05) is 48.5 Å². The summed E-state index contributed by atoms with van der Waals surface area (Å²) in [6.45, 7) is 0.415. The van der Waals surface area contributed by atoms with Crippen LogP contribution in [-0.4, -0.2) is 26.7 Å². The number of carbonyl (C=O) groups excluding carboxylic acids is 1. The number of rotatable bonds is 7. The van der Waals surface area contributed by atoms with Crippen LogP contribution in [0, 0.1) is 0 Å². The average Bonchev–Trinajstić information content (AvgIpc) is 3.20. The molecule has 4 nitrogen and oxygen atoms in total. The minimum absolute atomic E-state index is 0.0623. The van der Waals surface area contributed by atoms with Crippen molar-refractivity contribution in [2.75, 3.05) is 20.8 Å². The first kappa shape index (κ1) is 19.7. The maximum Gasteiger partial charge on any atom is 0.230 e. The molecule has 2 aromatic rings. The average molecular weight is 388 g/mol. The molecule has 3 rings (SSSR count). The van der Waals surface area contributed by atoms with Crippen molar-refractivity contribution in [3.05, 3.63) is 64.7 Å². The van der Waals surface area contributed by atoms with E-state index in [1.165, 1.54) is 0 Å². The first-order valence-electron chi connectivity index (χ1n) is 9.30. The molecule has 0 aromatic heterocycles. The zero-order chi connectivity index (χ0) is 19.3. The molecule has 1 fully saturated rings. The molecule has 1 aliphatic rings. The van der Waals surface area contributed by atoms with Crippen molar-refractivity contribution in [3.8, 4) is 5.75 Å². The van der Waals surface area contributed by atoms with E-state index in [2.05, 4.69) is 5.32 Å². The number of nitrogens with one attached hydrogen (secondary N) is 1. The van der Waals surface area contributed by atoms with E-state index in [-0.39, 0.29) is 12.0 Å². The summed E-state index contributed by atoms with van der Waals surface area (Å²) >= 11 is 6.03. The van der Waals surface area contributed by atoms with Gasteiger partial charge in [-0.25, -0.2) is 0 Å². The molecular weight excluding hydrogens is 362 g/mol. The molecule has 27 heavy (non-hydrogen) atoms. The van der Waals surface area contributed by atoms with Crippen LogP contribution in [0.1, 0.15) is 42.9 Å². The second-order valence-electron chi connectivity index (χ2n) is 7.01. The zero-order valence-corrected chi connectivity index (χ0v) is 16.6. The molecule has 1 saturated carbocycles. The fourth-order valence-corrected chi connectivity index (χ4v) is 4.05. The Morgan fingerprint density at radius 3 is 2.48 bits per heavy atom. The molecule has 0 aliphatic heterocycles. The van der Waals surface area contributed by atoms with Gasteiger partial charge in [-0.05, 0) is 48.2 Å². The maximum atomic E-state index is 13.2. The minimum atomic E-state index is -0.475. The standard InChI is InChI=1S/C22H26ClNO3/c1-26-19-7-5-6-16(14-19)20(27-2)15-24-21(25)22(12-3-4-13-22)17-8-10-18(23)11-9-17/h5-11,14,20H,3-4,12-13,15H2,1-2H3,(H,24,25)/t20-/m0/s1. The van der Waals surface area contributed by atoms with Gasteiger partial charge < -0.3 is 14.8 Å². The monoisotopic (exact) mass is 387 g/mol. The summed E-state index contributed by atoms with van der Waals surface area (Å²) in [6, 6.07) is 15.4. The maximum absolute atomic E-state index is 13.2. The normalized spacial score (nSPS) is 16.7. The van der Waals surface area contributed by atoms with E-state index in [0.29, 0.717) is 11.6 Å². The Bertz CT molecular complexity index is 769. The van der Waals surface area contributed by atoms with Gasteiger partial charge in [0.1, 0.15) is 5.75 Å². The molecule has 1 atom stereocenters. The summed E-state index contributed by atoms with van der Waals surface area (Å²) in [7, 11) is 3.29. The van der Waals surface area contributed by atoms with Gasteiger partial charge in [0, 0.05) is 18.7 Å². The molecule has 0 saturated heterocycles. The van der Waals surface area contributed by atoms with Crippen molar-refractivity contribution in [1.82, 2.24) is 5.32 Å². The molecule has 0 unspecified atom stereocenters. The van der Waals surface area contributed by atoms with Gasteiger partial charge in [0.25, 0.3) is 0 Å². The Labute approximate surface area is 165 Å². The van der Waals surface area contributed by atoms with Gasteiger partial charge in [-0.2, -0.15) is 0 Å². The van der Waals surface area contributed by atoms with Crippen LogP contribution in [-0.2, 0) is 14.9 Å². The van der Waals surface area contributed by atoms with Gasteiger partial charge in [0.2, 0.25) is 5.91 Å². The smallest absolute Gasteiger partial charge is 0.230 e. The summed E-state index contributed by atoms with van der Waals surface area (Å²) in [6.07, 6.45) is 3.60. The SMILES string of the molecule is COc1cccc([C@H](CNC(=O)C2(c3ccc(Cl)cc3)CCCC2)OC)c1. The third-order valence-electron chi connectivity index (χ3n) is 5.49. The molecule has 144 valence electrons. The predicted molar refractivity (Wildman–Crippen MR) is 107 cm³/mol. The number of hydrogen-bond acceptors (Lipinski definition) is 3. The van der Waals surface area contributed by atoms with Gasteiger partial charge in [-0.1, -0.05) is 48.7 Å². The lowest BCUT2D eigenvalue weighted by atomic mass is 9.78. The summed E-state index contributed by atoms with van der Waals surface area (Å²) in [5, 5.41) is 3.81. The summed E-state index contributed by atoms with van der Waals surface area (Å²) in [5.41, 5.74) is 1.54. The van der Waals surface area contributed by atoms with E-state index >= 15 is 0 Å². The first-order valence-corrected chi connectivity index (χ1v) is 9.68. The van der Waals surface area contributed by atoms with Crippen LogP contribution in [0.15, 0.2) is 48.5 Å². The molecule has 0 radical (unpaired) electrons. The number of amides is 1. The number of halogens is 1. The Morgan fingerprint density at radius 1 is 1.15 bits per heavy atom. The predicted octanol–water partition coefficient (Wildman–Crippen LogP) is 4.66. The van der Waals surface area contributed by atoms with Crippen molar-refractivity contribution < 1.29 is 14.3 Å². The lowest BCUT2D eigenvalue weighted by Gasteiger charge is -2.29. The molecule has 1 amide bonds.